The SMILES string of the molecule is COc1cccc(/C=C/C(=O)c2ccc(OCCO[C@H]3O[C@@H]4C[C@]5(C)CC[C@H]6[C@H](C)CC[C@@H]([C@H]3C)[C@@]46OO5)cc2)c1OC. The molecule has 7 rings (SSSR count). The molecule has 3 saturated heterocycles. The summed E-state index contributed by atoms with van der Waals surface area (Å²) in [6.07, 6.45) is 8.19. The molecule has 0 N–H and O–H groups in total. The predicted molar refractivity (Wildman–Crippen MR) is 161 cm³/mol. The first-order valence-electron chi connectivity index (χ1n) is 15.6. The van der Waals surface area contributed by atoms with Crippen molar-refractivity contribution in [1.82, 2.24) is 0 Å². The summed E-state index contributed by atoms with van der Waals surface area (Å²) in [6.45, 7) is 7.52. The normalized spacial score (nSPS) is 34.8. The molecule has 0 radical (unpaired) electrons. The van der Waals surface area contributed by atoms with Gasteiger partial charge < -0.3 is 23.7 Å². The van der Waals surface area contributed by atoms with Gasteiger partial charge in [0.05, 0.1) is 26.9 Å². The Morgan fingerprint density at radius 1 is 0.977 bits per heavy atom. The average Bonchev–Trinajstić information content (AvgIpc) is 3.25. The van der Waals surface area contributed by atoms with E-state index in [9.17, 15) is 4.79 Å². The minimum atomic E-state index is -0.377. The van der Waals surface area contributed by atoms with E-state index in [-0.39, 0.29) is 35.3 Å². The Kier molecular flexibility index (Phi) is 8.57. The number of para-hydroxylation sites is 1. The molecule has 8 nitrogen and oxygen atoms in total. The van der Waals surface area contributed by atoms with Crippen molar-refractivity contribution in [3.8, 4) is 17.2 Å². The van der Waals surface area contributed by atoms with Gasteiger partial charge in [0, 0.05) is 29.4 Å². The van der Waals surface area contributed by atoms with Crippen LogP contribution in [-0.2, 0) is 19.2 Å². The number of carbonyl (C=O) groups excluding carboxylic acids is 1. The number of fused-ring (bicyclic) bond motifs is 2. The zero-order valence-corrected chi connectivity index (χ0v) is 25.9. The van der Waals surface area contributed by atoms with Gasteiger partial charge >= 0.3 is 0 Å². The fraction of sp³-hybridized carbons (Fsp3) is 0.571. The standard InChI is InChI=1S/C35H44O8/c1-22-9-15-28-23(2)33(41-31-21-34(3)18-17-27(22)35(28,31)43-42-34)40-20-19-39-26-13-10-24(11-14-26)29(36)16-12-25-7-6-8-30(37-4)32(25)38-5/h6-8,10-14,16,22-23,27-28,31,33H,9,15,17-21H2,1-5H3/b16-12+/t22-,23-,27+,28+,31-,33+,34+,35-/m1/s1. The van der Waals surface area contributed by atoms with E-state index in [1.54, 1.807) is 44.6 Å². The maximum absolute atomic E-state index is 12.8. The van der Waals surface area contributed by atoms with Gasteiger partial charge in [-0.25, -0.2) is 9.78 Å². The zero-order chi connectivity index (χ0) is 30.2. The number of hydrogen-bond acceptors (Lipinski definition) is 8. The molecule has 232 valence electrons. The number of hydrogen-bond donors (Lipinski definition) is 0. The lowest BCUT2D eigenvalue weighted by Crippen LogP contribution is -2.69. The number of allylic oxidation sites excluding steroid dienone is 1. The number of ketones is 1. The lowest BCUT2D eigenvalue weighted by Gasteiger charge is -2.61. The molecule has 5 aliphatic rings. The van der Waals surface area contributed by atoms with Gasteiger partial charge in [-0.3, -0.25) is 4.79 Å². The van der Waals surface area contributed by atoms with Crippen LogP contribution in [0.4, 0.5) is 0 Å². The summed E-state index contributed by atoms with van der Waals surface area (Å²) in [5.41, 5.74) is 0.647. The molecule has 3 aliphatic heterocycles. The van der Waals surface area contributed by atoms with Crippen molar-refractivity contribution in [1.29, 1.82) is 0 Å². The van der Waals surface area contributed by atoms with E-state index >= 15 is 0 Å². The maximum atomic E-state index is 12.8. The fourth-order valence-electron chi connectivity index (χ4n) is 7.96. The molecule has 2 aromatic rings. The summed E-state index contributed by atoms with van der Waals surface area (Å²) in [5, 5.41) is 0. The lowest BCUT2D eigenvalue weighted by molar-refractivity contribution is -0.495. The number of methoxy groups -OCH3 is 2. The molecule has 2 saturated carbocycles. The summed E-state index contributed by atoms with van der Waals surface area (Å²) in [5.74, 6) is 3.33. The third-order valence-electron chi connectivity index (χ3n) is 10.3. The van der Waals surface area contributed by atoms with Crippen LogP contribution in [-0.4, -0.2) is 56.8 Å². The molecule has 43 heavy (non-hydrogen) atoms. The largest absolute Gasteiger partial charge is 0.493 e. The maximum Gasteiger partial charge on any atom is 0.185 e. The van der Waals surface area contributed by atoms with Crippen LogP contribution in [0.2, 0.25) is 0 Å². The van der Waals surface area contributed by atoms with Gasteiger partial charge in [-0.2, -0.15) is 0 Å². The van der Waals surface area contributed by atoms with Gasteiger partial charge in [-0.05, 0) is 86.9 Å². The van der Waals surface area contributed by atoms with E-state index in [4.69, 9.17) is 33.5 Å². The molecular formula is C35H44O8. The van der Waals surface area contributed by atoms with Crippen molar-refractivity contribution in [2.45, 2.75) is 76.5 Å². The van der Waals surface area contributed by atoms with Crippen LogP contribution in [0.5, 0.6) is 17.2 Å². The first kappa shape index (κ1) is 30.1. The highest BCUT2D eigenvalue weighted by Gasteiger charge is 2.68. The molecule has 0 aromatic heterocycles. The van der Waals surface area contributed by atoms with Crippen molar-refractivity contribution in [3.63, 3.8) is 0 Å². The molecule has 3 heterocycles. The molecule has 2 aromatic carbocycles. The monoisotopic (exact) mass is 592 g/mol. The molecular weight excluding hydrogens is 548 g/mol. The number of ether oxygens (including phenoxy) is 5. The van der Waals surface area contributed by atoms with Gasteiger partial charge in [-0.15, -0.1) is 0 Å². The summed E-state index contributed by atoms with van der Waals surface area (Å²) < 4.78 is 29.7. The van der Waals surface area contributed by atoms with E-state index in [0.717, 1.165) is 31.2 Å². The minimum absolute atomic E-state index is 0.0299. The van der Waals surface area contributed by atoms with E-state index in [0.29, 0.717) is 53.8 Å². The van der Waals surface area contributed by atoms with Crippen LogP contribution in [0.1, 0.15) is 68.8 Å². The summed E-state index contributed by atoms with van der Waals surface area (Å²) in [7, 11) is 3.16. The second-order valence-corrected chi connectivity index (χ2v) is 12.9. The summed E-state index contributed by atoms with van der Waals surface area (Å²) in [4.78, 5) is 25.2. The Bertz CT molecular complexity index is 1320. The van der Waals surface area contributed by atoms with Gasteiger partial charge in [0.25, 0.3) is 0 Å². The average molecular weight is 593 g/mol. The van der Waals surface area contributed by atoms with Crippen molar-refractivity contribution < 1.29 is 38.3 Å². The van der Waals surface area contributed by atoms with Crippen molar-refractivity contribution in [2.24, 2.45) is 23.7 Å². The molecule has 2 bridgehead atoms. The van der Waals surface area contributed by atoms with Crippen LogP contribution in [0.15, 0.2) is 48.5 Å². The molecule has 0 unspecified atom stereocenters. The first-order chi connectivity index (χ1) is 20.8. The Morgan fingerprint density at radius 3 is 2.56 bits per heavy atom. The second-order valence-electron chi connectivity index (χ2n) is 12.9. The third-order valence-corrected chi connectivity index (χ3v) is 10.3. The van der Waals surface area contributed by atoms with Crippen LogP contribution in [0.3, 0.4) is 0 Å². The number of benzene rings is 2. The molecule has 8 heteroatoms. The van der Waals surface area contributed by atoms with Gasteiger partial charge in [0.15, 0.2) is 23.6 Å². The minimum Gasteiger partial charge on any atom is -0.493 e. The Hall–Kier alpha value is -2.91. The summed E-state index contributed by atoms with van der Waals surface area (Å²) in [6, 6.07) is 12.7. The Balaban J connectivity index is 1.03. The number of rotatable bonds is 10. The van der Waals surface area contributed by atoms with E-state index < -0.39 is 0 Å². The highest BCUT2D eigenvalue weighted by atomic mass is 17.2. The smallest absolute Gasteiger partial charge is 0.185 e. The first-order valence-corrected chi connectivity index (χ1v) is 15.6. The van der Waals surface area contributed by atoms with E-state index in [2.05, 4.69) is 20.8 Å². The molecule has 5 fully saturated rings. The van der Waals surface area contributed by atoms with E-state index in [1.807, 2.05) is 18.2 Å². The quantitative estimate of drug-likeness (QED) is 0.131. The number of carbonyl (C=O) groups is 1. The van der Waals surface area contributed by atoms with Crippen LogP contribution >= 0.6 is 0 Å². The fourth-order valence-corrected chi connectivity index (χ4v) is 7.96. The summed E-state index contributed by atoms with van der Waals surface area (Å²) >= 11 is 0. The van der Waals surface area contributed by atoms with E-state index in [1.165, 1.54) is 12.5 Å². The lowest BCUT2D eigenvalue weighted by atomic mass is 9.56. The third kappa shape index (κ3) is 5.59. The van der Waals surface area contributed by atoms with Gasteiger partial charge in [-0.1, -0.05) is 26.0 Å². The molecule has 8 atom stereocenters. The highest BCUT2D eigenvalue weighted by molar-refractivity contribution is 6.07. The molecule has 0 amide bonds. The highest BCUT2D eigenvalue weighted by Crippen LogP contribution is 2.61. The molecule has 1 spiro atoms. The van der Waals surface area contributed by atoms with Gasteiger partial charge in [0.1, 0.15) is 23.6 Å². The molecule has 2 aliphatic carbocycles. The Morgan fingerprint density at radius 2 is 1.79 bits per heavy atom. The van der Waals surface area contributed by atoms with Crippen LogP contribution in [0.25, 0.3) is 6.08 Å². The van der Waals surface area contributed by atoms with Gasteiger partial charge in [0.2, 0.25) is 0 Å². The van der Waals surface area contributed by atoms with Crippen molar-refractivity contribution in [3.05, 3.63) is 59.7 Å². The second kappa shape index (κ2) is 12.2. The van der Waals surface area contributed by atoms with Crippen LogP contribution < -0.4 is 14.2 Å². The predicted octanol–water partition coefficient (Wildman–Crippen LogP) is 6.66. The topological polar surface area (TPSA) is 81.7 Å². The van der Waals surface area contributed by atoms with Crippen molar-refractivity contribution >= 4 is 11.9 Å². The Labute approximate surface area is 254 Å². The zero-order valence-electron chi connectivity index (χ0n) is 25.9. The van der Waals surface area contributed by atoms with Crippen molar-refractivity contribution in [2.75, 3.05) is 27.4 Å². The van der Waals surface area contributed by atoms with Crippen LogP contribution in [0, 0.1) is 23.7 Å².